The molecule has 1 atom stereocenters. The van der Waals surface area contributed by atoms with Crippen molar-refractivity contribution in [3.05, 3.63) is 54.4 Å². The van der Waals surface area contributed by atoms with Gasteiger partial charge < -0.3 is 10.0 Å². The van der Waals surface area contributed by atoms with Crippen molar-refractivity contribution in [3.63, 3.8) is 0 Å². The van der Waals surface area contributed by atoms with Crippen LogP contribution in [0.1, 0.15) is 5.56 Å². The number of aromatic nitrogens is 3. The maximum Gasteiger partial charge on any atom is 0.228 e. The second-order valence-electron chi connectivity index (χ2n) is 4.53. The van der Waals surface area contributed by atoms with Gasteiger partial charge in [-0.2, -0.15) is 0 Å². The average Bonchev–Trinajstić information content (AvgIpc) is 2.49. The molecule has 2 heterocycles. The Labute approximate surface area is 115 Å². The molecule has 20 heavy (non-hydrogen) atoms. The number of aliphatic hydroxyl groups is 1. The third kappa shape index (κ3) is 2.50. The van der Waals surface area contributed by atoms with Gasteiger partial charge in [-0.15, -0.1) is 0 Å². The number of hydrogen-bond donors (Lipinski definition) is 1. The number of rotatable bonds is 2. The predicted molar refractivity (Wildman–Crippen MR) is 72.4 cm³/mol. The van der Waals surface area contributed by atoms with Gasteiger partial charge in [0.15, 0.2) is 0 Å². The summed E-state index contributed by atoms with van der Waals surface area (Å²) in [7, 11) is 0. The van der Waals surface area contributed by atoms with Gasteiger partial charge in [0.25, 0.3) is 0 Å². The van der Waals surface area contributed by atoms with Gasteiger partial charge in [0.05, 0.1) is 12.6 Å². The van der Waals surface area contributed by atoms with E-state index in [-0.39, 0.29) is 5.82 Å². The third-order valence-corrected chi connectivity index (χ3v) is 3.22. The van der Waals surface area contributed by atoms with Crippen LogP contribution in [0.25, 0.3) is 5.57 Å². The highest BCUT2D eigenvalue weighted by Gasteiger charge is 2.23. The Morgan fingerprint density at radius 3 is 2.50 bits per heavy atom. The lowest BCUT2D eigenvalue weighted by Crippen LogP contribution is -2.38. The number of β-amino-alcohol motifs (C(OH)–C–C–N with tert-alkyl or cyclic N) is 1. The third-order valence-electron chi connectivity index (χ3n) is 3.22. The minimum absolute atomic E-state index is 0.286. The van der Waals surface area contributed by atoms with Crippen molar-refractivity contribution in [3.8, 4) is 0 Å². The van der Waals surface area contributed by atoms with Gasteiger partial charge in [0.2, 0.25) is 5.95 Å². The molecule has 1 aromatic carbocycles. The fourth-order valence-electron chi connectivity index (χ4n) is 2.24. The van der Waals surface area contributed by atoms with Gasteiger partial charge in [-0.3, -0.25) is 0 Å². The summed E-state index contributed by atoms with van der Waals surface area (Å²) >= 11 is 0. The van der Waals surface area contributed by atoms with E-state index in [1.54, 1.807) is 12.1 Å². The molecule has 1 N–H and O–H groups in total. The number of halogens is 1. The van der Waals surface area contributed by atoms with E-state index < -0.39 is 6.10 Å². The zero-order valence-electron chi connectivity index (χ0n) is 10.6. The number of benzene rings is 1. The molecule has 3 rings (SSSR count). The van der Waals surface area contributed by atoms with E-state index in [0.29, 0.717) is 19.0 Å². The highest BCUT2D eigenvalue weighted by molar-refractivity contribution is 5.71. The molecule has 1 aliphatic rings. The number of anilines is 1. The molecular weight excluding hydrogens is 259 g/mol. The Balaban J connectivity index is 1.83. The summed E-state index contributed by atoms with van der Waals surface area (Å²) in [6.07, 6.45) is 4.10. The van der Waals surface area contributed by atoms with Crippen molar-refractivity contribution in [2.24, 2.45) is 0 Å². The molecule has 0 amide bonds. The lowest BCUT2D eigenvalue weighted by Gasteiger charge is -2.30. The maximum absolute atomic E-state index is 12.9. The van der Waals surface area contributed by atoms with Crippen LogP contribution in [-0.4, -0.2) is 39.3 Å². The molecular formula is C14H13FN4O. The highest BCUT2D eigenvalue weighted by atomic mass is 19.1. The molecule has 0 fully saturated rings. The minimum atomic E-state index is -0.661. The lowest BCUT2D eigenvalue weighted by molar-refractivity contribution is 0.233. The molecule has 6 heteroatoms. The maximum atomic E-state index is 12.9. The largest absolute Gasteiger partial charge is 0.387 e. The molecule has 0 spiro atoms. The van der Waals surface area contributed by atoms with E-state index in [1.807, 2.05) is 11.0 Å². The summed E-state index contributed by atoms with van der Waals surface area (Å²) in [6.45, 7) is 0.987. The number of hydrogen-bond acceptors (Lipinski definition) is 5. The molecule has 0 radical (unpaired) electrons. The standard InChI is InChI=1S/C14H13FN4O/c15-11-3-1-10(2-4-11)12-5-6-19(7-13(12)20)14-17-8-16-9-18-14/h1-5,8-9,13,20H,6-7H2/t13-/m1/s1. The molecule has 0 saturated heterocycles. The molecule has 0 bridgehead atoms. The summed E-state index contributed by atoms with van der Waals surface area (Å²) in [5, 5.41) is 10.2. The van der Waals surface area contributed by atoms with Crippen molar-refractivity contribution in [2.75, 3.05) is 18.0 Å². The van der Waals surface area contributed by atoms with Gasteiger partial charge in [-0.1, -0.05) is 18.2 Å². The molecule has 0 aliphatic carbocycles. The van der Waals surface area contributed by atoms with Crippen LogP contribution in [0.15, 0.2) is 43.0 Å². The molecule has 102 valence electrons. The van der Waals surface area contributed by atoms with Crippen molar-refractivity contribution in [1.82, 2.24) is 15.0 Å². The van der Waals surface area contributed by atoms with E-state index in [1.165, 1.54) is 24.8 Å². The second kappa shape index (κ2) is 5.34. The first kappa shape index (κ1) is 12.7. The first-order chi connectivity index (χ1) is 9.74. The van der Waals surface area contributed by atoms with Crippen LogP contribution in [0.2, 0.25) is 0 Å². The fraction of sp³-hybridized carbons (Fsp3) is 0.214. The quantitative estimate of drug-likeness (QED) is 0.892. The molecule has 1 aliphatic heterocycles. The molecule has 0 saturated carbocycles. The number of nitrogens with zero attached hydrogens (tertiary/aromatic N) is 4. The Hall–Kier alpha value is -2.34. The van der Waals surface area contributed by atoms with Gasteiger partial charge in [-0.05, 0) is 23.3 Å². The monoisotopic (exact) mass is 272 g/mol. The van der Waals surface area contributed by atoms with Gasteiger partial charge in [0, 0.05) is 6.54 Å². The summed E-state index contributed by atoms with van der Waals surface area (Å²) in [5.74, 6) is 0.250. The zero-order valence-corrected chi connectivity index (χ0v) is 10.6. The van der Waals surface area contributed by atoms with Gasteiger partial charge >= 0.3 is 0 Å². The van der Waals surface area contributed by atoms with Gasteiger partial charge in [0.1, 0.15) is 18.5 Å². The average molecular weight is 272 g/mol. The summed E-state index contributed by atoms with van der Waals surface area (Å²) in [6, 6.07) is 6.12. The molecule has 5 nitrogen and oxygen atoms in total. The fourth-order valence-corrected chi connectivity index (χ4v) is 2.24. The predicted octanol–water partition coefficient (Wildman–Crippen LogP) is 1.28. The Morgan fingerprint density at radius 2 is 1.85 bits per heavy atom. The minimum Gasteiger partial charge on any atom is -0.387 e. The molecule has 1 aromatic heterocycles. The SMILES string of the molecule is O[C@@H]1CN(c2ncncn2)CC=C1c1ccc(F)cc1. The smallest absolute Gasteiger partial charge is 0.228 e. The summed E-state index contributed by atoms with van der Waals surface area (Å²) in [5.41, 5.74) is 1.63. The number of aliphatic hydroxyl groups excluding tert-OH is 1. The van der Waals surface area contributed by atoms with E-state index >= 15 is 0 Å². The highest BCUT2D eigenvalue weighted by Crippen LogP contribution is 2.24. The van der Waals surface area contributed by atoms with Crippen LogP contribution < -0.4 is 4.90 Å². The van der Waals surface area contributed by atoms with Crippen molar-refractivity contribution in [1.29, 1.82) is 0 Å². The Kier molecular flexibility index (Phi) is 3.39. The van der Waals surface area contributed by atoms with Crippen molar-refractivity contribution < 1.29 is 9.50 Å². The topological polar surface area (TPSA) is 62.1 Å². The van der Waals surface area contributed by atoms with Crippen LogP contribution in [0.5, 0.6) is 0 Å². The summed E-state index contributed by atoms with van der Waals surface area (Å²) in [4.78, 5) is 13.7. The first-order valence-corrected chi connectivity index (χ1v) is 6.25. The summed E-state index contributed by atoms with van der Waals surface area (Å²) < 4.78 is 12.9. The second-order valence-corrected chi connectivity index (χ2v) is 4.53. The molecule has 0 unspecified atom stereocenters. The Morgan fingerprint density at radius 1 is 1.15 bits per heavy atom. The molecule has 2 aromatic rings. The normalized spacial score (nSPS) is 18.8. The van der Waals surface area contributed by atoms with E-state index in [4.69, 9.17) is 0 Å². The van der Waals surface area contributed by atoms with Gasteiger partial charge in [-0.25, -0.2) is 19.3 Å². The van der Waals surface area contributed by atoms with Crippen LogP contribution in [-0.2, 0) is 0 Å². The van der Waals surface area contributed by atoms with Crippen LogP contribution >= 0.6 is 0 Å². The van der Waals surface area contributed by atoms with E-state index in [9.17, 15) is 9.50 Å². The van der Waals surface area contributed by atoms with Crippen LogP contribution in [0.3, 0.4) is 0 Å². The lowest BCUT2D eigenvalue weighted by atomic mass is 9.97. The Bertz CT molecular complexity index is 615. The van der Waals surface area contributed by atoms with Crippen LogP contribution in [0, 0.1) is 5.82 Å². The van der Waals surface area contributed by atoms with Crippen molar-refractivity contribution in [2.45, 2.75) is 6.10 Å². The zero-order chi connectivity index (χ0) is 13.9. The van der Waals surface area contributed by atoms with E-state index in [0.717, 1.165) is 11.1 Å². The van der Waals surface area contributed by atoms with Crippen molar-refractivity contribution >= 4 is 11.5 Å². The first-order valence-electron chi connectivity index (χ1n) is 6.25. The van der Waals surface area contributed by atoms with E-state index in [2.05, 4.69) is 15.0 Å². The van der Waals surface area contributed by atoms with Crippen LogP contribution in [0.4, 0.5) is 10.3 Å².